The van der Waals surface area contributed by atoms with Crippen LogP contribution in [0.3, 0.4) is 0 Å². The van der Waals surface area contributed by atoms with E-state index in [1.54, 1.807) is 0 Å². The molecule has 0 amide bonds. The van der Waals surface area contributed by atoms with Crippen LogP contribution in [0.25, 0.3) is 0 Å². The van der Waals surface area contributed by atoms with Crippen LogP contribution < -0.4 is 10.0 Å². The smallest absolute Gasteiger partial charge is 0.207 e. The zero-order chi connectivity index (χ0) is 20.5. The fourth-order valence-electron chi connectivity index (χ4n) is 2.68. The van der Waals surface area contributed by atoms with Crippen LogP contribution in [-0.2, 0) is 0 Å². The summed E-state index contributed by atoms with van der Waals surface area (Å²) in [5, 5.41) is -0.295. The highest BCUT2D eigenvalue weighted by molar-refractivity contribution is 9.11. The molecule has 28 heavy (non-hydrogen) atoms. The van der Waals surface area contributed by atoms with Gasteiger partial charge in [0.2, 0.25) is 7.28 Å². The molecule has 0 bridgehead atoms. The zero-order valence-electron chi connectivity index (χ0n) is 16.0. The number of aryl methyl sites for hydroxylation is 1. The van der Waals surface area contributed by atoms with Crippen LogP contribution in [0.2, 0.25) is 0 Å². The van der Waals surface area contributed by atoms with Crippen LogP contribution in [0.5, 0.6) is 5.75 Å². The number of furan rings is 1. The number of rotatable bonds is 4. The van der Waals surface area contributed by atoms with Crippen LogP contribution in [0.15, 0.2) is 77.2 Å². The zero-order valence-corrected chi connectivity index (χ0v) is 21.7. The summed E-state index contributed by atoms with van der Waals surface area (Å²) in [5.41, 5.74) is 1.63. The predicted molar refractivity (Wildman–Crippen MR) is 128 cm³/mol. The monoisotopic (exact) mass is 587 g/mol. The Morgan fingerprint density at radius 3 is 2.07 bits per heavy atom. The lowest BCUT2D eigenvalue weighted by atomic mass is 10.3. The van der Waals surface area contributed by atoms with Gasteiger partial charge >= 0.3 is 0 Å². The quantitative estimate of drug-likeness (QED) is 0.285. The van der Waals surface area contributed by atoms with E-state index in [1.807, 2.05) is 61.5 Å². The van der Waals surface area contributed by atoms with Crippen molar-refractivity contribution in [2.45, 2.75) is 32.9 Å². The number of hydrogen-bond donors (Lipinski definition) is 0. The van der Waals surface area contributed by atoms with Crippen molar-refractivity contribution in [3.05, 3.63) is 73.8 Å². The minimum atomic E-state index is -2.61. The first-order chi connectivity index (χ1) is 13.1. The molecule has 0 radical (unpaired) electrons. The van der Waals surface area contributed by atoms with E-state index in [2.05, 4.69) is 68.6 Å². The summed E-state index contributed by atoms with van der Waals surface area (Å²) in [6, 6.07) is 17.8. The molecular formula is C21H21Br3NO2P. The van der Waals surface area contributed by atoms with Crippen molar-refractivity contribution < 1.29 is 8.94 Å². The molecule has 1 heterocycles. The van der Waals surface area contributed by atoms with Crippen LogP contribution in [0.4, 0.5) is 5.69 Å². The van der Waals surface area contributed by atoms with Gasteiger partial charge in [-0.3, -0.25) is 0 Å². The summed E-state index contributed by atoms with van der Waals surface area (Å²) >= 11 is 10.6. The van der Waals surface area contributed by atoms with Crippen molar-refractivity contribution in [1.29, 1.82) is 0 Å². The van der Waals surface area contributed by atoms with Crippen molar-refractivity contribution in [3.63, 3.8) is 0 Å². The van der Waals surface area contributed by atoms with Gasteiger partial charge in [-0.15, -0.1) is 0 Å². The van der Waals surface area contributed by atoms with E-state index in [1.165, 1.54) is 0 Å². The molecule has 3 rings (SSSR count). The Kier molecular flexibility index (Phi) is 6.65. The third-order valence-corrected chi connectivity index (χ3v) is 9.41. The molecule has 1 atom stereocenters. The second-order valence-electron chi connectivity index (χ2n) is 7.37. The normalized spacial score (nSPS) is 13.8. The molecule has 0 aliphatic carbocycles. The SMILES string of the molecule is Cc1ccc(P(=Nc2ccc(Br)cc2)(Oc2ccc(Br)cc2Br)C(C)(C)C)o1. The molecule has 148 valence electrons. The van der Waals surface area contributed by atoms with Crippen LogP contribution >= 0.6 is 55.1 Å². The molecule has 0 N–H and O–H groups in total. The first kappa shape index (κ1) is 21.9. The van der Waals surface area contributed by atoms with Gasteiger partial charge in [0.1, 0.15) is 11.5 Å². The fourth-order valence-corrected chi connectivity index (χ4v) is 7.11. The van der Waals surface area contributed by atoms with Crippen molar-refractivity contribution in [2.24, 2.45) is 4.74 Å². The van der Waals surface area contributed by atoms with Crippen LogP contribution in [0.1, 0.15) is 26.5 Å². The third kappa shape index (κ3) is 4.67. The molecule has 3 nitrogen and oxygen atoms in total. The van der Waals surface area contributed by atoms with Gasteiger partial charge in [-0.25, -0.2) is 4.74 Å². The first-order valence-corrected chi connectivity index (χ1v) is 12.7. The molecule has 1 unspecified atom stereocenters. The Balaban J connectivity index is 2.28. The Hall–Kier alpha value is -0.810. The summed E-state index contributed by atoms with van der Waals surface area (Å²) in [4.78, 5) is 0. The van der Waals surface area contributed by atoms with E-state index in [4.69, 9.17) is 13.7 Å². The lowest BCUT2D eigenvalue weighted by molar-refractivity contribution is 0.525. The molecule has 3 aromatic rings. The molecule has 7 heteroatoms. The molecule has 1 aromatic heterocycles. The average molecular weight is 590 g/mol. The molecule has 2 aromatic carbocycles. The Labute approximate surface area is 191 Å². The van der Waals surface area contributed by atoms with Crippen molar-refractivity contribution in [1.82, 2.24) is 0 Å². The first-order valence-electron chi connectivity index (χ1n) is 8.70. The Morgan fingerprint density at radius 1 is 0.893 bits per heavy atom. The Bertz CT molecular complexity index is 1040. The van der Waals surface area contributed by atoms with Gasteiger partial charge in [-0.05, 0) is 77.5 Å². The van der Waals surface area contributed by atoms with Gasteiger partial charge in [-0.2, -0.15) is 0 Å². The minimum absolute atomic E-state index is 0.295. The van der Waals surface area contributed by atoms with Gasteiger partial charge in [0, 0.05) is 14.1 Å². The average Bonchev–Trinajstić information content (AvgIpc) is 3.04. The summed E-state index contributed by atoms with van der Waals surface area (Å²) < 4.78 is 20.9. The Morgan fingerprint density at radius 2 is 1.54 bits per heavy atom. The van der Waals surface area contributed by atoms with Crippen LogP contribution in [-0.4, -0.2) is 5.16 Å². The van der Waals surface area contributed by atoms with Gasteiger partial charge in [0.15, 0.2) is 5.50 Å². The molecule has 0 aliphatic rings. The van der Waals surface area contributed by atoms with E-state index in [0.717, 1.165) is 36.1 Å². The van der Waals surface area contributed by atoms with Crippen LogP contribution in [0, 0.1) is 6.92 Å². The summed E-state index contributed by atoms with van der Waals surface area (Å²) in [6.45, 7) is 8.38. The van der Waals surface area contributed by atoms with Gasteiger partial charge < -0.3 is 8.94 Å². The van der Waals surface area contributed by atoms with E-state index < -0.39 is 7.28 Å². The van der Waals surface area contributed by atoms with Gasteiger partial charge in [0.05, 0.1) is 10.2 Å². The maximum Gasteiger partial charge on any atom is 0.207 e. The number of nitrogens with zero attached hydrogens (tertiary/aromatic N) is 1. The highest BCUT2D eigenvalue weighted by Gasteiger charge is 2.42. The van der Waals surface area contributed by atoms with E-state index in [9.17, 15) is 0 Å². The molecule has 0 saturated carbocycles. The minimum Gasteiger partial charge on any atom is -0.457 e. The lowest BCUT2D eigenvalue weighted by Gasteiger charge is -2.35. The van der Waals surface area contributed by atoms with Crippen molar-refractivity contribution >= 4 is 66.3 Å². The number of halogens is 3. The maximum atomic E-state index is 6.76. The third-order valence-electron chi connectivity index (χ3n) is 4.14. The summed E-state index contributed by atoms with van der Waals surface area (Å²) in [6.07, 6.45) is 0. The molecule has 0 saturated heterocycles. The van der Waals surface area contributed by atoms with E-state index >= 15 is 0 Å². The van der Waals surface area contributed by atoms with E-state index in [-0.39, 0.29) is 5.16 Å². The summed E-state index contributed by atoms with van der Waals surface area (Å²) in [5.74, 6) is 1.58. The largest absolute Gasteiger partial charge is 0.457 e. The number of hydrogen-bond acceptors (Lipinski definition) is 3. The topological polar surface area (TPSA) is 34.7 Å². The molecule has 0 fully saturated rings. The van der Waals surface area contributed by atoms with Crippen molar-refractivity contribution in [3.8, 4) is 5.75 Å². The predicted octanol–water partition coefficient (Wildman–Crippen LogP) is 8.83. The molecular weight excluding hydrogens is 569 g/mol. The second kappa shape index (κ2) is 8.51. The van der Waals surface area contributed by atoms with Crippen molar-refractivity contribution in [2.75, 3.05) is 0 Å². The number of benzene rings is 2. The van der Waals surface area contributed by atoms with E-state index in [0.29, 0.717) is 0 Å². The standard InChI is InChI=1S/C21H21Br3NO2P/c1-14-5-12-20(26-14)28(21(2,3)4,25-17-9-6-15(22)7-10-17)27-19-11-8-16(23)13-18(19)24/h5-13H,1-4H3. The van der Waals surface area contributed by atoms with Gasteiger partial charge in [-0.1, -0.05) is 52.6 Å². The fraction of sp³-hybridized carbons (Fsp3) is 0.238. The highest BCUT2D eigenvalue weighted by atomic mass is 79.9. The summed E-state index contributed by atoms with van der Waals surface area (Å²) in [7, 11) is -2.61. The highest BCUT2D eigenvalue weighted by Crippen LogP contribution is 2.62. The van der Waals surface area contributed by atoms with Gasteiger partial charge in [0.25, 0.3) is 0 Å². The lowest BCUT2D eigenvalue weighted by Crippen LogP contribution is -2.26. The molecule has 0 spiro atoms. The molecule has 0 aliphatic heterocycles. The second-order valence-corrected chi connectivity index (χ2v) is 13.4. The maximum absolute atomic E-state index is 6.76.